The van der Waals surface area contributed by atoms with Gasteiger partial charge in [-0.1, -0.05) is 54.6 Å². The fraction of sp³-hybridized carbons (Fsp3) is 0.125. The van der Waals surface area contributed by atoms with Gasteiger partial charge < -0.3 is 4.74 Å². The Morgan fingerprint density at radius 2 is 1.50 bits per heavy atom. The van der Waals surface area contributed by atoms with Crippen molar-refractivity contribution >= 4 is 23.4 Å². The topological polar surface area (TPSA) is 43.4 Å². The number of benzene rings is 2. The van der Waals surface area contributed by atoms with Crippen molar-refractivity contribution in [3.63, 3.8) is 0 Å². The Morgan fingerprint density at radius 3 is 2.10 bits per heavy atom. The van der Waals surface area contributed by atoms with Gasteiger partial charge in [0, 0.05) is 5.56 Å². The van der Waals surface area contributed by atoms with Crippen LogP contribution < -0.4 is 0 Å². The monoisotopic (exact) mass is 288 g/mol. The summed E-state index contributed by atoms with van der Waals surface area (Å²) in [6.45, 7) is -0.282. The van der Waals surface area contributed by atoms with Gasteiger partial charge in [-0.2, -0.15) is 0 Å². The Bertz CT molecular complexity index is 591. The van der Waals surface area contributed by atoms with E-state index in [1.807, 2.05) is 42.5 Å². The number of ketones is 1. The van der Waals surface area contributed by atoms with Crippen molar-refractivity contribution in [2.24, 2.45) is 0 Å². The summed E-state index contributed by atoms with van der Waals surface area (Å²) in [6.07, 6.45) is 0. The molecule has 0 saturated heterocycles. The Kier molecular flexibility index (Phi) is 4.91. The van der Waals surface area contributed by atoms with Gasteiger partial charge in [0.15, 0.2) is 12.4 Å². The molecule has 0 unspecified atom stereocenters. The highest BCUT2D eigenvalue weighted by atomic mass is 35.5. The van der Waals surface area contributed by atoms with E-state index >= 15 is 0 Å². The fourth-order valence-electron chi connectivity index (χ4n) is 1.75. The van der Waals surface area contributed by atoms with E-state index in [0.717, 1.165) is 11.1 Å². The highest BCUT2D eigenvalue weighted by molar-refractivity contribution is 6.26. The number of alkyl halides is 1. The zero-order valence-electron chi connectivity index (χ0n) is 10.7. The Labute approximate surface area is 122 Å². The highest BCUT2D eigenvalue weighted by Crippen LogP contribution is 2.19. The summed E-state index contributed by atoms with van der Waals surface area (Å²) in [6, 6.07) is 17.0. The van der Waals surface area contributed by atoms with Gasteiger partial charge in [0.2, 0.25) is 0 Å². The molecule has 0 aromatic heterocycles. The molecule has 4 heteroatoms. The van der Waals surface area contributed by atoms with E-state index < -0.39 is 5.97 Å². The summed E-state index contributed by atoms with van der Waals surface area (Å²) in [4.78, 5) is 22.7. The number of hydrogen-bond acceptors (Lipinski definition) is 3. The van der Waals surface area contributed by atoms with Crippen LogP contribution in [0.25, 0.3) is 11.1 Å². The van der Waals surface area contributed by atoms with Crippen LogP contribution in [0, 0.1) is 0 Å². The van der Waals surface area contributed by atoms with Crippen molar-refractivity contribution in [2.45, 2.75) is 0 Å². The van der Waals surface area contributed by atoms with Crippen LogP contribution in [0.5, 0.6) is 0 Å². The number of ether oxygens (including phenoxy) is 1. The van der Waals surface area contributed by atoms with Gasteiger partial charge in [-0.05, 0) is 11.1 Å². The first-order valence-corrected chi connectivity index (χ1v) is 6.64. The Hall–Kier alpha value is -2.13. The minimum absolute atomic E-state index is 0.247. The van der Waals surface area contributed by atoms with Crippen LogP contribution in [-0.2, 0) is 9.53 Å². The normalized spacial score (nSPS) is 10.1. The van der Waals surface area contributed by atoms with Crippen LogP contribution in [0.1, 0.15) is 10.4 Å². The van der Waals surface area contributed by atoms with E-state index in [0.29, 0.717) is 5.56 Å². The molecule has 0 bridgehead atoms. The number of halogens is 1. The summed E-state index contributed by atoms with van der Waals surface area (Å²) in [7, 11) is 0. The Balaban J connectivity index is 2.05. The molecule has 0 aliphatic heterocycles. The van der Waals surface area contributed by atoms with E-state index in [-0.39, 0.29) is 18.3 Å². The first-order chi connectivity index (χ1) is 9.70. The van der Waals surface area contributed by atoms with Crippen molar-refractivity contribution in [3.05, 3.63) is 60.2 Å². The predicted molar refractivity (Wildman–Crippen MR) is 77.9 cm³/mol. The molecule has 20 heavy (non-hydrogen) atoms. The molecule has 0 fully saturated rings. The lowest BCUT2D eigenvalue weighted by molar-refractivity contribution is -0.139. The third-order valence-electron chi connectivity index (χ3n) is 2.79. The molecular formula is C16H13ClO3. The van der Waals surface area contributed by atoms with Gasteiger partial charge in [-0.25, -0.2) is 0 Å². The van der Waals surface area contributed by atoms with Crippen LogP contribution in [-0.4, -0.2) is 24.2 Å². The lowest BCUT2D eigenvalue weighted by atomic mass is 10.0. The number of Topliss-reactive ketones (excluding diaryl/α,β-unsaturated/α-hetero) is 1. The molecular weight excluding hydrogens is 276 g/mol. The standard InChI is InChI=1S/C16H13ClO3/c17-10-16(19)20-11-15(18)14-8-6-13(7-9-14)12-4-2-1-3-5-12/h1-9H,10-11H2. The number of rotatable bonds is 5. The first kappa shape index (κ1) is 14.3. The minimum Gasteiger partial charge on any atom is -0.456 e. The molecule has 2 aromatic carbocycles. The lowest BCUT2D eigenvalue weighted by Gasteiger charge is -2.04. The number of hydrogen-bond donors (Lipinski definition) is 0. The zero-order chi connectivity index (χ0) is 14.4. The summed E-state index contributed by atoms with van der Waals surface area (Å²) in [5.41, 5.74) is 2.62. The van der Waals surface area contributed by atoms with Gasteiger partial charge in [-0.3, -0.25) is 9.59 Å². The minimum atomic E-state index is -0.596. The molecule has 0 saturated carbocycles. The predicted octanol–water partition coefficient (Wildman–Crippen LogP) is 3.32. The van der Waals surface area contributed by atoms with E-state index in [1.54, 1.807) is 12.1 Å². The maximum Gasteiger partial charge on any atom is 0.321 e. The van der Waals surface area contributed by atoms with Crippen molar-refractivity contribution in [1.82, 2.24) is 0 Å². The van der Waals surface area contributed by atoms with Gasteiger partial charge >= 0.3 is 5.97 Å². The molecule has 3 nitrogen and oxygen atoms in total. The first-order valence-electron chi connectivity index (χ1n) is 6.11. The lowest BCUT2D eigenvalue weighted by Crippen LogP contribution is -2.14. The van der Waals surface area contributed by atoms with Crippen molar-refractivity contribution in [1.29, 1.82) is 0 Å². The second-order valence-corrected chi connectivity index (χ2v) is 4.43. The molecule has 2 aromatic rings. The fourth-order valence-corrected chi connectivity index (χ4v) is 1.82. The zero-order valence-corrected chi connectivity index (χ0v) is 11.5. The molecule has 0 amide bonds. The van der Waals surface area contributed by atoms with E-state index in [9.17, 15) is 9.59 Å². The van der Waals surface area contributed by atoms with Crippen LogP contribution in [0.4, 0.5) is 0 Å². The average Bonchev–Trinajstić information content (AvgIpc) is 2.53. The molecule has 0 N–H and O–H groups in total. The molecule has 0 spiro atoms. The van der Waals surface area contributed by atoms with Crippen LogP contribution in [0.2, 0.25) is 0 Å². The molecule has 2 rings (SSSR count). The second-order valence-electron chi connectivity index (χ2n) is 4.16. The van der Waals surface area contributed by atoms with Crippen molar-refractivity contribution < 1.29 is 14.3 Å². The largest absolute Gasteiger partial charge is 0.456 e. The van der Waals surface area contributed by atoms with Crippen molar-refractivity contribution in [3.8, 4) is 11.1 Å². The molecule has 0 atom stereocenters. The van der Waals surface area contributed by atoms with Crippen LogP contribution >= 0.6 is 11.6 Å². The Morgan fingerprint density at radius 1 is 0.900 bits per heavy atom. The number of esters is 1. The van der Waals surface area contributed by atoms with E-state index in [2.05, 4.69) is 0 Å². The van der Waals surface area contributed by atoms with Gasteiger partial charge in [0.05, 0.1) is 0 Å². The van der Waals surface area contributed by atoms with Crippen molar-refractivity contribution in [2.75, 3.05) is 12.5 Å². The summed E-state index contributed by atoms with van der Waals surface area (Å²) in [5.74, 6) is -1.09. The molecule has 0 heterocycles. The summed E-state index contributed by atoms with van der Waals surface area (Å²) < 4.78 is 4.70. The highest BCUT2D eigenvalue weighted by Gasteiger charge is 2.09. The maximum atomic E-state index is 11.8. The second kappa shape index (κ2) is 6.87. The smallest absolute Gasteiger partial charge is 0.321 e. The van der Waals surface area contributed by atoms with Crippen LogP contribution in [0.3, 0.4) is 0 Å². The van der Waals surface area contributed by atoms with Crippen LogP contribution in [0.15, 0.2) is 54.6 Å². The molecule has 0 radical (unpaired) electrons. The van der Waals surface area contributed by atoms with Gasteiger partial charge in [0.25, 0.3) is 0 Å². The molecule has 102 valence electrons. The third-order valence-corrected chi connectivity index (χ3v) is 3.01. The third kappa shape index (κ3) is 3.68. The van der Waals surface area contributed by atoms with Gasteiger partial charge in [0.1, 0.15) is 5.88 Å². The maximum absolute atomic E-state index is 11.8. The van der Waals surface area contributed by atoms with Gasteiger partial charge in [-0.15, -0.1) is 11.6 Å². The molecule has 0 aliphatic rings. The van der Waals surface area contributed by atoms with E-state index in [4.69, 9.17) is 16.3 Å². The van der Waals surface area contributed by atoms with E-state index in [1.165, 1.54) is 0 Å². The molecule has 0 aliphatic carbocycles. The number of carbonyl (C=O) groups is 2. The quantitative estimate of drug-likeness (QED) is 0.481. The number of carbonyl (C=O) groups excluding carboxylic acids is 2. The summed E-state index contributed by atoms with van der Waals surface area (Å²) in [5, 5.41) is 0. The summed E-state index contributed by atoms with van der Waals surface area (Å²) >= 11 is 5.28. The average molecular weight is 289 g/mol. The SMILES string of the molecule is O=C(CCl)OCC(=O)c1ccc(-c2ccccc2)cc1.